The van der Waals surface area contributed by atoms with E-state index in [0.29, 0.717) is 38.6 Å². The quantitative estimate of drug-likeness (QED) is 0.556. The molecule has 0 saturated carbocycles. The molecule has 1 amide bonds. The van der Waals surface area contributed by atoms with Gasteiger partial charge in [-0.1, -0.05) is 0 Å². The summed E-state index contributed by atoms with van der Waals surface area (Å²) >= 11 is 0. The smallest absolute Gasteiger partial charge is 0.255 e. The topological polar surface area (TPSA) is 98.6 Å². The molecule has 9 nitrogen and oxygen atoms in total. The lowest BCUT2D eigenvalue weighted by Gasteiger charge is -2.26. The molecule has 0 bridgehead atoms. The normalized spacial score (nSPS) is 19.3. The number of benzene rings is 1. The van der Waals surface area contributed by atoms with Gasteiger partial charge in [-0.2, -0.15) is 4.31 Å². The number of carbonyl (C=O) groups excluding carboxylic acids is 1. The van der Waals surface area contributed by atoms with Gasteiger partial charge in [-0.05, 0) is 18.2 Å². The standard InChI is InChI=1S/C18H27N3O6S/c1-25-17-3-2-15(28(23,24)21-8-12-27-13-9-21)14-16(17)18(22)19-4-5-20-6-10-26-11-7-20/h2-3,14H,4-13H2,1H3,(H,19,22)/p+1. The van der Waals surface area contributed by atoms with Gasteiger partial charge in [-0.25, -0.2) is 8.42 Å². The number of rotatable bonds is 7. The zero-order valence-corrected chi connectivity index (χ0v) is 16.9. The molecule has 2 heterocycles. The fourth-order valence-electron chi connectivity index (χ4n) is 3.32. The number of methoxy groups -OCH3 is 1. The molecule has 156 valence electrons. The molecule has 2 aliphatic heterocycles. The first kappa shape index (κ1) is 21.0. The molecule has 2 N–H and O–H groups in total. The van der Waals surface area contributed by atoms with Crippen LogP contribution >= 0.6 is 0 Å². The molecule has 2 saturated heterocycles. The third kappa shape index (κ3) is 5.00. The number of morpholine rings is 2. The lowest BCUT2D eigenvalue weighted by molar-refractivity contribution is -0.906. The zero-order chi connectivity index (χ0) is 20.0. The number of carbonyl (C=O) groups is 1. The molecule has 28 heavy (non-hydrogen) atoms. The maximum atomic E-state index is 12.9. The Hall–Kier alpha value is -1.72. The lowest BCUT2D eigenvalue weighted by atomic mass is 10.2. The zero-order valence-electron chi connectivity index (χ0n) is 16.1. The van der Waals surface area contributed by atoms with E-state index in [1.807, 2.05) is 0 Å². The van der Waals surface area contributed by atoms with Crippen LogP contribution in [0.2, 0.25) is 0 Å². The van der Waals surface area contributed by atoms with E-state index in [1.165, 1.54) is 34.5 Å². The van der Waals surface area contributed by atoms with Gasteiger partial charge >= 0.3 is 0 Å². The molecule has 3 rings (SSSR count). The minimum atomic E-state index is -3.68. The molecular weight excluding hydrogens is 386 g/mol. The predicted octanol–water partition coefficient (Wildman–Crippen LogP) is -1.64. The number of hydrogen-bond acceptors (Lipinski definition) is 6. The highest BCUT2D eigenvalue weighted by Crippen LogP contribution is 2.25. The van der Waals surface area contributed by atoms with E-state index >= 15 is 0 Å². The molecule has 2 fully saturated rings. The Bertz CT molecular complexity index is 774. The third-order valence-corrected chi connectivity index (χ3v) is 6.88. The van der Waals surface area contributed by atoms with Crippen molar-refractivity contribution in [1.29, 1.82) is 0 Å². The van der Waals surface area contributed by atoms with E-state index in [-0.39, 0.29) is 16.4 Å². The van der Waals surface area contributed by atoms with Crippen LogP contribution in [0.1, 0.15) is 10.4 Å². The number of sulfonamides is 1. The predicted molar refractivity (Wildman–Crippen MR) is 101 cm³/mol. The van der Waals surface area contributed by atoms with Crippen molar-refractivity contribution in [3.05, 3.63) is 23.8 Å². The minimum absolute atomic E-state index is 0.0826. The molecule has 0 spiro atoms. The summed E-state index contributed by atoms with van der Waals surface area (Å²) in [4.78, 5) is 14.1. The maximum absolute atomic E-state index is 12.9. The first-order valence-corrected chi connectivity index (χ1v) is 10.9. The highest BCUT2D eigenvalue weighted by molar-refractivity contribution is 7.89. The highest BCUT2D eigenvalue weighted by Gasteiger charge is 2.28. The Morgan fingerprint density at radius 3 is 2.54 bits per heavy atom. The molecular formula is C18H28N3O6S+. The fraction of sp³-hybridized carbons (Fsp3) is 0.611. The number of hydrogen-bond donors (Lipinski definition) is 2. The first-order valence-electron chi connectivity index (χ1n) is 9.48. The molecule has 10 heteroatoms. The van der Waals surface area contributed by atoms with Crippen molar-refractivity contribution in [3.8, 4) is 5.75 Å². The van der Waals surface area contributed by atoms with Crippen LogP contribution in [-0.4, -0.2) is 91.4 Å². The summed E-state index contributed by atoms with van der Waals surface area (Å²) in [5.41, 5.74) is 0.216. The Morgan fingerprint density at radius 2 is 1.86 bits per heavy atom. The van der Waals surface area contributed by atoms with Crippen LogP contribution in [0.3, 0.4) is 0 Å². The Balaban J connectivity index is 1.70. The van der Waals surface area contributed by atoms with Crippen molar-refractivity contribution < 1.29 is 32.3 Å². The Labute approximate surface area is 165 Å². The summed E-state index contributed by atoms with van der Waals surface area (Å²) in [6.07, 6.45) is 0. The molecule has 0 aliphatic carbocycles. The Morgan fingerprint density at radius 1 is 1.18 bits per heavy atom. The third-order valence-electron chi connectivity index (χ3n) is 4.99. The summed E-state index contributed by atoms with van der Waals surface area (Å²) in [5.74, 6) is 0.000633. The van der Waals surface area contributed by atoms with Crippen LogP contribution in [0.25, 0.3) is 0 Å². The molecule has 1 aromatic carbocycles. The maximum Gasteiger partial charge on any atom is 0.255 e. The number of quaternary nitrogens is 1. The number of ether oxygens (including phenoxy) is 3. The minimum Gasteiger partial charge on any atom is -0.496 e. The van der Waals surface area contributed by atoms with Crippen molar-refractivity contribution in [1.82, 2.24) is 9.62 Å². The van der Waals surface area contributed by atoms with Crippen molar-refractivity contribution in [2.45, 2.75) is 4.90 Å². The highest BCUT2D eigenvalue weighted by atomic mass is 32.2. The van der Waals surface area contributed by atoms with Crippen LogP contribution in [0, 0.1) is 0 Å². The van der Waals surface area contributed by atoms with E-state index in [2.05, 4.69) is 5.32 Å². The summed E-state index contributed by atoms with van der Waals surface area (Å²) < 4.78 is 42.9. The van der Waals surface area contributed by atoms with Gasteiger partial charge in [0.25, 0.3) is 5.91 Å². The van der Waals surface area contributed by atoms with E-state index in [0.717, 1.165) is 32.8 Å². The second kappa shape index (κ2) is 9.66. The van der Waals surface area contributed by atoms with Crippen LogP contribution in [-0.2, 0) is 19.5 Å². The van der Waals surface area contributed by atoms with Crippen LogP contribution in [0.5, 0.6) is 5.75 Å². The lowest BCUT2D eigenvalue weighted by Crippen LogP contribution is -3.14. The van der Waals surface area contributed by atoms with Gasteiger partial charge in [-0.3, -0.25) is 4.79 Å². The average Bonchev–Trinajstić information content (AvgIpc) is 2.74. The van der Waals surface area contributed by atoms with Gasteiger partial charge in [0.15, 0.2) is 0 Å². The van der Waals surface area contributed by atoms with Crippen molar-refractivity contribution in [2.75, 3.05) is 72.8 Å². The van der Waals surface area contributed by atoms with Gasteiger partial charge in [0.2, 0.25) is 10.0 Å². The van der Waals surface area contributed by atoms with Crippen LogP contribution < -0.4 is 15.0 Å². The summed E-state index contributed by atoms with van der Waals surface area (Å²) in [6.45, 7) is 5.95. The van der Waals surface area contributed by atoms with Crippen LogP contribution in [0.15, 0.2) is 23.1 Å². The van der Waals surface area contributed by atoms with Gasteiger partial charge in [0, 0.05) is 13.1 Å². The molecule has 0 unspecified atom stereocenters. The largest absolute Gasteiger partial charge is 0.496 e. The fourth-order valence-corrected chi connectivity index (χ4v) is 4.75. The molecule has 1 aromatic rings. The van der Waals surface area contributed by atoms with Gasteiger partial charge < -0.3 is 24.4 Å². The van der Waals surface area contributed by atoms with Gasteiger partial charge in [-0.15, -0.1) is 0 Å². The van der Waals surface area contributed by atoms with E-state index in [4.69, 9.17) is 14.2 Å². The summed E-state index contributed by atoms with van der Waals surface area (Å²) in [6, 6.07) is 4.38. The molecule has 0 aromatic heterocycles. The number of nitrogens with zero attached hydrogens (tertiary/aromatic N) is 1. The van der Waals surface area contributed by atoms with E-state index in [1.54, 1.807) is 0 Å². The molecule has 2 aliphatic rings. The summed E-state index contributed by atoms with van der Waals surface area (Å²) in [5, 5.41) is 2.87. The Kier molecular flexibility index (Phi) is 7.24. The summed E-state index contributed by atoms with van der Waals surface area (Å²) in [7, 11) is -2.22. The van der Waals surface area contributed by atoms with Gasteiger partial charge in [0.1, 0.15) is 18.8 Å². The molecule has 0 radical (unpaired) electrons. The number of nitrogens with one attached hydrogen (secondary N) is 2. The van der Waals surface area contributed by atoms with E-state index < -0.39 is 10.0 Å². The van der Waals surface area contributed by atoms with Crippen molar-refractivity contribution in [2.24, 2.45) is 0 Å². The van der Waals surface area contributed by atoms with E-state index in [9.17, 15) is 13.2 Å². The van der Waals surface area contributed by atoms with Crippen molar-refractivity contribution >= 4 is 15.9 Å². The van der Waals surface area contributed by atoms with Crippen LogP contribution in [0.4, 0.5) is 0 Å². The molecule has 0 atom stereocenters. The number of amides is 1. The van der Waals surface area contributed by atoms with Crippen molar-refractivity contribution in [3.63, 3.8) is 0 Å². The SMILES string of the molecule is COc1ccc(S(=O)(=O)N2CCOCC2)cc1C(=O)NCC[NH+]1CCOCC1. The average molecular weight is 415 g/mol. The second-order valence-corrected chi connectivity index (χ2v) is 8.68. The first-order chi connectivity index (χ1) is 13.5. The van der Waals surface area contributed by atoms with Gasteiger partial charge in [0.05, 0.1) is 57.1 Å². The second-order valence-electron chi connectivity index (χ2n) is 6.75. The monoisotopic (exact) mass is 414 g/mol.